The zero-order chi connectivity index (χ0) is 27.1. The maximum atomic E-state index is 13.9. The van der Waals surface area contributed by atoms with Crippen molar-refractivity contribution in [1.82, 2.24) is 19.4 Å². The monoisotopic (exact) mass is 545 g/mol. The number of nitrogens with zero attached hydrogens (tertiary/aromatic N) is 3. The van der Waals surface area contributed by atoms with Crippen LogP contribution in [-0.2, 0) is 26.2 Å². The van der Waals surface area contributed by atoms with Gasteiger partial charge in [-0.15, -0.1) is 0 Å². The lowest BCUT2D eigenvalue weighted by atomic mass is 10.0. The van der Waals surface area contributed by atoms with Gasteiger partial charge in [-0.1, -0.05) is 11.6 Å². The number of hydrazone groups is 1. The molecule has 200 valence electrons. The van der Waals surface area contributed by atoms with Crippen molar-refractivity contribution in [2.75, 3.05) is 27.2 Å². The average Bonchev–Trinajstić information content (AvgIpc) is 2.75. The number of benzene rings is 1. The van der Waals surface area contributed by atoms with Crippen molar-refractivity contribution in [2.24, 2.45) is 5.10 Å². The third kappa shape index (κ3) is 9.40. The van der Waals surface area contributed by atoms with Crippen molar-refractivity contribution in [3.63, 3.8) is 0 Å². The molecule has 1 aliphatic heterocycles. The standard InChI is InChI=1S/C23H33ClFN5O5S/c1-23(2,3)35-22(32)26-19-7-6-10-30(14-19)13-17(11-16-12-18(25)8-9-20(16)24)21(15-31)27-28-36(33,34)29(4)5/h8-9,12-13,15,19,28H,6-7,10-11,14H2,1-5H3,(H,26,32)/b17-13+,27-21-/t19-/m1/s1. The molecule has 0 saturated carbocycles. The Morgan fingerprint density at radius 2 is 2.06 bits per heavy atom. The molecule has 0 aliphatic carbocycles. The SMILES string of the molecule is CN(C)S(=O)(=O)N/N=C(C=O)\C(=C\N1CCC[C@@H](NC(=O)OC(C)(C)C)C1)Cc1cc(F)ccc1Cl. The van der Waals surface area contributed by atoms with Crippen LogP contribution in [-0.4, -0.2) is 74.5 Å². The summed E-state index contributed by atoms with van der Waals surface area (Å²) in [6.07, 6.45) is 3.02. The van der Waals surface area contributed by atoms with Gasteiger partial charge in [0.2, 0.25) is 0 Å². The van der Waals surface area contributed by atoms with Gasteiger partial charge in [0, 0.05) is 56.4 Å². The Morgan fingerprint density at radius 1 is 1.36 bits per heavy atom. The number of amides is 1. The van der Waals surface area contributed by atoms with Crippen molar-refractivity contribution >= 4 is 39.9 Å². The van der Waals surface area contributed by atoms with E-state index >= 15 is 0 Å². The van der Waals surface area contributed by atoms with Crippen LogP contribution in [0.4, 0.5) is 9.18 Å². The van der Waals surface area contributed by atoms with Crippen LogP contribution in [0.15, 0.2) is 35.1 Å². The summed E-state index contributed by atoms with van der Waals surface area (Å²) in [5, 5.41) is 6.93. The number of carbonyl (C=O) groups excluding carboxylic acids is 2. The lowest BCUT2D eigenvalue weighted by Gasteiger charge is -2.33. The average molecular weight is 546 g/mol. The van der Waals surface area contributed by atoms with Gasteiger partial charge in [-0.25, -0.2) is 9.18 Å². The first-order chi connectivity index (χ1) is 16.7. The fourth-order valence-electron chi connectivity index (χ4n) is 3.38. The van der Waals surface area contributed by atoms with E-state index in [1.165, 1.54) is 32.3 Å². The van der Waals surface area contributed by atoms with Gasteiger partial charge < -0.3 is 15.0 Å². The van der Waals surface area contributed by atoms with Crippen LogP contribution in [0, 0.1) is 5.82 Å². The number of hydrogen-bond acceptors (Lipinski definition) is 7. The topological polar surface area (TPSA) is 120 Å². The molecule has 0 aromatic heterocycles. The first-order valence-corrected chi connectivity index (χ1v) is 13.1. The minimum atomic E-state index is -3.95. The highest BCUT2D eigenvalue weighted by Gasteiger charge is 2.24. The lowest BCUT2D eigenvalue weighted by Crippen LogP contribution is -2.47. The number of allylic oxidation sites excluding steroid dienone is 1. The zero-order valence-corrected chi connectivity index (χ0v) is 22.6. The van der Waals surface area contributed by atoms with E-state index in [4.69, 9.17) is 16.3 Å². The predicted molar refractivity (Wildman–Crippen MR) is 136 cm³/mol. The summed E-state index contributed by atoms with van der Waals surface area (Å²) in [6, 6.07) is 3.64. The molecule has 1 amide bonds. The predicted octanol–water partition coefficient (Wildman–Crippen LogP) is 2.85. The number of carbonyl (C=O) groups is 2. The summed E-state index contributed by atoms with van der Waals surface area (Å²) in [7, 11) is -1.32. The third-order valence-electron chi connectivity index (χ3n) is 5.10. The molecule has 0 spiro atoms. The van der Waals surface area contributed by atoms with E-state index in [0.29, 0.717) is 30.5 Å². The lowest BCUT2D eigenvalue weighted by molar-refractivity contribution is -0.102. The van der Waals surface area contributed by atoms with Crippen LogP contribution >= 0.6 is 11.6 Å². The molecule has 2 N–H and O–H groups in total. The van der Waals surface area contributed by atoms with E-state index in [1.807, 2.05) is 9.73 Å². The second kappa shape index (κ2) is 12.5. The fraction of sp³-hybridized carbons (Fsp3) is 0.522. The molecule has 1 fully saturated rings. The molecule has 1 atom stereocenters. The number of alkyl carbamates (subject to hydrolysis) is 1. The molecule has 0 unspecified atom stereocenters. The number of ether oxygens (including phenoxy) is 1. The zero-order valence-electron chi connectivity index (χ0n) is 21.0. The quantitative estimate of drug-likeness (QED) is 0.280. The molecule has 2 rings (SSSR count). The van der Waals surface area contributed by atoms with Crippen molar-refractivity contribution in [3.05, 3.63) is 46.4 Å². The van der Waals surface area contributed by atoms with Crippen LogP contribution in [0.25, 0.3) is 0 Å². The molecule has 1 saturated heterocycles. The van der Waals surface area contributed by atoms with E-state index < -0.39 is 27.7 Å². The fourth-order valence-corrected chi connectivity index (χ4v) is 3.95. The minimum Gasteiger partial charge on any atom is -0.444 e. The van der Waals surface area contributed by atoms with Crippen LogP contribution in [0.5, 0.6) is 0 Å². The number of halogens is 2. The summed E-state index contributed by atoms with van der Waals surface area (Å²) in [5.74, 6) is -0.508. The van der Waals surface area contributed by atoms with E-state index in [1.54, 1.807) is 27.0 Å². The number of rotatable bonds is 9. The molecule has 1 aromatic rings. The smallest absolute Gasteiger partial charge is 0.407 e. The molecule has 13 heteroatoms. The van der Waals surface area contributed by atoms with Crippen LogP contribution < -0.4 is 10.1 Å². The Hall–Kier alpha value is -2.70. The van der Waals surface area contributed by atoms with Crippen molar-refractivity contribution in [1.29, 1.82) is 0 Å². The molecule has 1 aliphatic rings. The van der Waals surface area contributed by atoms with Gasteiger partial charge >= 0.3 is 16.3 Å². The van der Waals surface area contributed by atoms with Gasteiger partial charge in [0.1, 0.15) is 17.1 Å². The molecule has 0 bridgehead atoms. The van der Waals surface area contributed by atoms with Gasteiger partial charge in [-0.3, -0.25) is 4.79 Å². The summed E-state index contributed by atoms with van der Waals surface area (Å²) in [6.45, 7) is 6.35. The largest absolute Gasteiger partial charge is 0.444 e. The van der Waals surface area contributed by atoms with Crippen LogP contribution in [0.1, 0.15) is 39.2 Å². The first-order valence-electron chi connectivity index (χ1n) is 11.3. The first kappa shape index (κ1) is 29.5. The molecular formula is C23H33ClFN5O5S. The maximum absolute atomic E-state index is 13.9. The minimum absolute atomic E-state index is 0.0124. The Morgan fingerprint density at radius 3 is 2.67 bits per heavy atom. The number of nitrogens with one attached hydrogen (secondary N) is 2. The van der Waals surface area contributed by atoms with E-state index in [9.17, 15) is 22.4 Å². The van der Waals surface area contributed by atoms with E-state index in [2.05, 4.69) is 10.4 Å². The van der Waals surface area contributed by atoms with Gasteiger partial charge in [0.15, 0.2) is 6.29 Å². The van der Waals surface area contributed by atoms with Crippen molar-refractivity contribution < 1.29 is 27.1 Å². The van der Waals surface area contributed by atoms with Gasteiger partial charge in [-0.05, 0) is 57.4 Å². The van der Waals surface area contributed by atoms with Gasteiger partial charge in [-0.2, -0.15) is 22.7 Å². The Balaban J connectivity index is 2.35. The number of aldehydes is 1. The van der Waals surface area contributed by atoms with Crippen LogP contribution in [0.2, 0.25) is 5.02 Å². The highest BCUT2D eigenvalue weighted by atomic mass is 35.5. The molecular weight excluding hydrogens is 513 g/mol. The summed E-state index contributed by atoms with van der Waals surface area (Å²) >= 11 is 6.24. The molecule has 1 heterocycles. The van der Waals surface area contributed by atoms with Crippen molar-refractivity contribution in [2.45, 2.75) is 51.7 Å². The van der Waals surface area contributed by atoms with Gasteiger partial charge in [0.25, 0.3) is 0 Å². The molecule has 0 radical (unpaired) electrons. The highest BCUT2D eigenvalue weighted by Crippen LogP contribution is 2.22. The third-order valence-corrected chi connectivity index (χ3v) is 6.76. The summed E-state index contributed by atoms with van der Waals surface area (Å²) in [5.41, 5.74) is -0.112. The van der Waals surface area contributed by atoms with Crippen LogP contribution in [0.3, 0.4) is 0 Å². The number of piperidine rings is 1. The second-order valence-electron chi connectivity index (χ2n) is 9.54. The second-order valence-corrected chi connectivity index (χ2v) is 11.8. The van der Waals surface area contributed by atoms with Gasteiger partial charge in [0.05, 0.1) is 0 Å². The van der Waals surface area contributed by atoms with E-state index in [-0.39, 0.29) is 23.2 Å². The Labute approximate surface area is 216 Å². The maximum Gasteiger partial charge on any atom is 0.407 e. The highest BCUT2D eigenvalue weighted by molar-refractivity contribution is 7.87. The normalized spacial score (nSPS) is 17.7. The Kier molecular flexibility index (Phi) is 10.3. The number of hydrogen-bond donors (Lipinski definition) is 2. The molecule has 10 nitrogen and oxygen atoms in total. The van der Waals surface area contributed by atoms with E-state index in [0.717, 1.165) is 17.1 Å². The summed E-state index contributed by atoms with van der Waals surface area (Å²) < 4.78 is 44.3. The number of likely N-dealkylation sites (tertiary alicyclic amines) is 1. The molecule has 1 aromatic carbocycles. The Bertz CT molecular complexity index is 1120. The molecule has 36 heavy (non-hydrogen) atoms. The summed E-state index contributed by atoms with van der Waals surface area (Å²) in [4.78, 5) is 28.0. The van der Waals surface area contributed by atoms with Crippen molar-refractivity contribution in [3.8, 4) is 0 Å².